The lowest BCUT2D eigenvalue weighted by molar-refractivity contribution is 0.0430. The van der Waals surface area contributed by atoms with Gasteiger partial charge in [-0.25, -0.2) is 0 Å². The summed E-state index contributed by atoms with van der Waals surface area (Å²) in [4.78, 5) is 2.61. The summed E-state index contributed by atoms with van der Waals surface area (Å²) in [6, 6.07) is 11.6. The molecule has 2 unspecified atom stereocenters. The molecule has 1 aromatic carbocycles. The van der Waals surface area contributed by atoms with E-state index in [2.05, 4.69) is 67.2 Å². The van der Waals surface area contributed by atoms with Crippen molar-refractivity contribution >= 4 is 0 Å². The van der Waals surface area contributed by atoms with Gasteiger partial charge in [0, 0.05) is 37.1 Å². The second-order valence-corrected chi connectivity index (χ2v) is 6.22. The summed E-state index contributed by atoms with van der Waals surface area (Å²) < 4.78 is 0. The summed E-state index contributed by atoms with van der Waals surface area (Å²) in [6.45, 7) is 8.90. The molecule has 0 aliphatic carbocycles. The summed E-state index contributed by atoms with van der Waals surface area (Å²) in [5.41, 5.74) is 1.61. The lowest BCUT2D eigenvalue weighted by atomic mass is 9.86. The van der Waals surface area contributed by atoms with E-state index in [-0.39, 0.29) is 5.54 Å². The number of nitrogens with one attached hydrogen (secondary N) is 1. The van der Waals surface area contributed by atoms with Crippen molar-refractivity contribution in [3.05, 3.63) is 35.9 Å². The van der Waals surface area contributed by atoms with Crippen molar-refractivity contribution in [3.8, 4) is 12.3 Å². The topological polar surface area (TPSA) is 15.3 Å². The van der Waals surface area contributed by atoms with Crippen molar-refractivity contribution in [2.75, 3.05) is 13.1 Å². The smallest absolute Gasteiger partial charge is 0.0476 e. The van der Waals surface area contributed by atoms with Gasteiger partial charge in [-0.3, -0.25) is 4.90 Å². The van der Waals surface area contributed by atoms with Crippen LogP contribution in [0.2, 0.25) is 0 Å². The van der Waals surface area contributed by atoms with Crippen LogP contribution in [0.15, 0.2) is 30.3 Å². The van der Waals surface area contributed by atoms with Crippen LogP contribution in [0.4, 0.5) is 0 Å². The van der Waals surface area contributed by atoms with E-state index in [1.54, 1.807) is 0 Å². The molecule has 1 fully saturated rings. The van der Waals surface area contributed by atoms with E-state index in [0.717, 1.165) is 32.4 Å². The van der Waals surface area contributed by atoms with Crippen LogP contribution in [0, 0.1) is 12.3 Å². The molecule has 114 valence electrons. The summed E-state index contributed by atoms with van der Waals surface area (Å²) in [5, 5.41) is 3.81. The Labute approximate surface area is 129 Å². The van der Waals surface area contributed by atoms with Gasteiger partial charge in [0.25, 0.3) is 0 Å². The van der Waals surface area contributed by atoms with Gasteiger partial charge in [-0.15, -0.1) is 12.3 Å². The van der Waals surface area contributed by atoms with Gasteiger partial charge in [0.1, 0.15) is 0 Å². The SMILES string of the molecule is C#CCC(C)N1CC(CC)(CC)NCC1c1ccccc1. The first-order valence-corrected chi connectivity index (χ1v) is 8.15. The molecule has 2 heteroatoms. The highest BCUT2D eigenvalue weighted by molar-refractivity contribution is 5.21. The Bertz CT molecular complexity index is 470. The predicted octanol–water partition coefficient (Wildman–Crippen LogP) is 3.60. The van der Waals surface area contributed by atoms with Gasteiger partial charge in [0.15, 0.2) is 0 Å². The molecule has 0 amide bonds. The van der Waals surface area contributed by atoms with Crippen LogP contribution in [-0.4, -0.2) is 29.6 Å². The molecule has 1 saturated heterocycles. The molecule has 0 spiro atoms. The number of benzene rings is 1. The number of hydrogen-bond acceptors (Lipinski definition) is 2. The lowest BCUT2D eigenvalue weighted by Crippen LogP contribution is -2.62. The van der Waals surface area contributed by atoms with E-state index in [9.17, 15) is 0 Å². The average Bonchev–Trinajstić information content (AvgIpc) is 2.55. The zero-order chi connectivity index (χ0) is 15.3. The van der Waals surface area contributed by atoms with Crippen LogP contribution in [0.3, 0.4) is 0 Å². The van der Waals surface area contributed by atoms with Crippen molar-refractivity contribution in [2.45, 2.75) is 57.7 Å². The lowest BCUT2D eigenvalue weighted by Gasteiger charge is -2.49. The van der Waals surface area contributed by atoms with E-state index < -0.39 is 0 Å². The van der Waals surface area contributed by atoms with Crippen molar-refractivity contribution < 1.29 is 0 Å². The van der Waals surface area contributed by atoms with Gasteiger partial charge in [-0.2, -0.15) is 0 Å². The maximum atomic E-state index is 5.56. The molecule has 21 heavy (non-hydrogen) atoms. The van der Waals surface area contributed by atoms with E-state index in [4.69, 9.17) is 6.42 Å². The van der Waals surface area contributed by atoms with Crippen molar-refractivity contribution in [2.24, 2.45) is 0 Å². The van der Waals surface area contributed by atoms with E-state index in [1.807, 2.05) is 0 Å². The van der Waals surface area contributed by atoms with Crippen LogP contribution in [-0.2, 0) is 0 Å². The second-order valence-electron chi connectivity index (χ2n) is 6.22. The molecule has 1 heterocycles. The Balaban J connectivity index is 2.26. The van der Waals surface area contributed by atoms with Crippen molar-refractivity contribution in [1.82, 2.24) is 10.2 Å². The van der Waals surface area contributed by atoms with Crippen LogP contribution in [0.1, 0.15) is 51.6 Å². The molecule has 0 saturated carbocycles. The molecule has 2 rings (SSSR count). The first-order chi connectivity index (χ1) is 10.2. The number of terminal acetylenes is 1. The number of nitrogens with zero attached hydrogens (tertiary/aromatic N) is 1. The Kier molecular flexibility index (Phi) is 5.45. The Morgan fingerprint density at radius 3 is 2.57 bits per heavy atom. The van der Waals surface area contributed by atoms with E-state index in [0.29, 0.717) is 12.1 Å². The Hall–Kier alpha value is -1.30. The first-order valence-electron chi connectivity index (χ1n) is 8.15. The maximum absolute atomic E-state index is 5.56. The molecule has 0 aromatic heterocycles. The fraction of sp³-hybridized carbons (Fsp3) is 0.579. The van der Waals surface area contributed by atoms with Gasteiger partial charge in [0.05, 0.1) is 0 Å². The normalized spacial score (nSPS) is 23.4. The van der Waals surface area contributed by atoms with Gasteiger partial charge in [-0.05, 0) is 25.3 Å². The number of piperazine rings is 1. The predicted molar refractivity (Wildman–Crippen MR) is 90.1 cm³/mol. The van der Waals surface area contributed by atoms with Gasteiger partial charge < -0.3 is 5.32 Å². The van der Waals surface area contributed by atoms with Gasteiger partial charge >= 0.3 is 0 Å². The van der Waals surface area contributed by atoms with Crippen LogP contribution in [0.5, 0.6) is 0 Å². The van der Waals surface area contributed by atoms with Gasteiger partial charge in [-0.1, -0.05) is 44.2 Å². The van der Waals surface area contributed by atoms with Crippen molar-refractivity contribution in [3.63, 3.8) is 0 Å². The first kappa shape index (κ1) is 16.1. The minimum absolute atomic E-state index is 0.230. The van der Waals surface area contributed by atoms with Crippen LogP contribution < -0.4 is 5.32 Å². The molecular weight excluding hydrogens is 256 g/mol. The molecule has 1 aliphatic heterocycles. The fourth-order valence-electron chi connectivity index (χ4n) is 3.40. The highest BCUT2D eigenvalue weighted by Crippen LogP contribution is 2.32. The number of hydrogen-bond donors (Lipinski definition) is 1. The quantitative estimate of drug-likeness (QED) is 0.831. The third kappa shape index (κ3) is 3.48. The highest BCUT2D eigenvalue weighted by atomic mass is 15.3. The summed E-state index contributed by atoms with van der Waals surface area (Å²) >= 11 is 0. The summed E-state index contributed by atoms with van der Waals surface area (Å²) in [6.07, 6.45) is 8.69. The molecule has 1 N–H and O–H groups in total. The largest absolute Gasteiger partial charge is 0.308 e. The molecule has 2 atom stereocenters. The fourth-order valence-corrected chi connectivity index (χ4v) is 3.40. The Morgan fingerprint density at radius 2 is 2.00 bits per heavy atom. The van der Waals surface area contributed by atoms with Crippen LogP contribution in [0.25, 0.3) is 0 Å². The molecular formula is C19H28N2. The summed E-state index contributed by atoms with van der Waals surface area (Å²) in [7, 11) is 0. The second kappa shape index (κ2) is 7.11. The minimum atomic E-state index is 0.230. The zero-order valence-corrected chi connectivity index (χ0v) is 13.6. The molecule has 1 aliphatic rings. The van der Waals surface area contributed by atoms with Crippen molar-refractivity contribution in [1.29, 1.82) is 0 Å². The third-order valence-electron chi connectivity index (χ3n) is 5.07. The zero-order valence-electron chi connectivity index (χ0n) is 13.6. The molecule has 1 aromatic rings. The molecule has 0 radical (unpaired) electrons. The standard InChI is InChI=1S/C19H28N2/c1-5-11-16(4)21-15-19(6-2,7-3)20-14-18(21)17-12-9-8-10-13-17/h1,8-10,12-13,16,18,20H,6-7,11,14-15H2,2-4H3. The third-order valence-corrected chi connectivity index (χ3v) is 5.07. The maximum Gasteiger partial charge on any atom is 0.0476 e. The van der Waals surface area contributed by atoms with E-state index >= 15 is 0 Å². The van der Waals surface area contributed by atoms with Crippen LogP contribution >= 0.6 is 0 Å². The average molecular weight is 284 g/mol. The number of rotatable bonds is 5. The van der Waals surface area contributed by atoms with Gasteiger partial charge in [0.2, 0.25) is 0 Å². The Morgan fingerprint density at radius 1 is 1.33 bits per heavy atom. The minimum Gasteiger partial charge on any atom is -0.308 e. The summed E-state index contributed by atoms with van der Waals surface area (Å²) in [5.74, 6) is 2.84. The van der Waals surface area contributed by atoms with E-state index in [1.165, 1.54) is 5.56 Å². The molecule has 0 bridgehead atoms. The highest BCUT2D eigenvalue weighted by Gasteiger charge is 2.38. The monoisotopic (exact) mass is 284 g/mol. The molecule has 2 nitrogen and oxygen atoms in total.